The van der Waals surface area contributed by atoms with Crippen LogP contribution in [0.4, 0.5) is 0 Å². The van der Waals surface area contributed by atoms with Gasteiger partial charge in [0, 0.05) is 12.3 Å². The lowest BCUT2D eigenvalue weighted by molar-refractivity contribution is -0.124. The summed E-state index contributed by atoms with van der Waals surface area (Å²) in [5, 5.41) is 18.8. The molecule has 1 rings (SSSR count). The molecule has 1 aromatic heterocycles. The first-order chi connectivity index (χ1) is 11.5. The Morgan fingerprint density at radius 3 is 2.56 bits per heavy atom. The van der Waals surface area contributed by atoms with Gasteiger partial charge in [-0.05, 0) is 6.92 Å². The number of ether oxygens (including phenoxy) is 1. The third-order valence-electron chi connectivity index (χ3n) is 2.92. The molecular weight excluding hydrogens is 382 g/mol. The predicted molar refractivity (Wildman–Crippen MR) is 86.0 cm³/mol. The van der Waals surface area contributed by atoms with Crippen molar-refractivity contribution < 1.29 is 38.7 Å². The molecule has 0 fully saturated rings. The van der Waals surface area contributed by atoms with Crippen LogP contribution in [0.1, 0.15) is 13.2 Å². The fraction of sp³-hybridized carbons (Fsp3) is 0.636. The first kappa shape index (κ1) is 22.1. The standard InChI is InChI=1S/C11H20N2O10P2/c1-7(13-3-2-10(16)12-11(13)17)23-9(8(15)4-14)5-22-24(18)6-25(19,20)21/h2-3,7-9,14-15,18H,4-6H2,1H3,(H,12,16,17)(H2,19,20,21). The van der Waals surface area contributed by atoms with Gasteiger partial charge in [0.2, 0.25) is 0 Å². The quantitative estimate of drug-likeness (QED) is 0.245. The third-order valence-corrected chi connectivity index (χ3v) is 5.81. The molecule has 0 saturated carbocycles. The van der Waals surface area contributed by atoms with Gasteiger partial charge in [-0.25, -0.2) is 4.79 Å². The summed E-state index contributed by atoms with van der Waals surface area (Å²) in [4.78, 5) is 51.7. The van der Waals surface area contributed by atoms with Crippen LogP contribution in [0.25, 0.3) is 0 Å². The average molecular weight is 402 g/mol. The van der Waals surface area contributed by atoms with Crippen LogP contribution in [-0.4, -0.2) is 65.8 Å². The largest absolute Gasteiger partial charge is 0.394 e. The van der Waals surface area contributed by atoms with Crippen LogP contribution in [0.3, 0.4) is 0 Å². The SMILES string of the molecule is CC(OC(COP(O)CP(=O)(O)O)C(O)CO)n1ccc(=O)[nH]c1=O. The molecule has 4 atom stereocenters. The first-order valence-electron chi connectivity index (χ1n) is 6.93. The van der Waals surface area contributed by atoms with Gasteiger partial charge in [0.25, 0.3) is 5.56 Å². The number of hydrogen-bond donors (Lipinski definition) is 6. The number of rotatable bonds is 10. The first-order valence-corrected chi connectivity index (χ1v) is 10.1. The van der Waals surface area contributed by atoms with Crippen LogP contribution >= 0.6 is 16.0 Å². The van der Waals surface area contributed by atoms with Crippen LogP contribution in [0, 0.1) is 0 Å². The van der Waals surface area contributed by atoms with E-state index in [1.54, 1.807) is 0 Å². The van der Waals surface area contributed by atoms with Crippen molar-refractivity contribution in [1.29, 1.82) is 0 Å². The lowest BCUT2D eigenvalue weighted by Gasteiger charge is -2.27. The molecule has 0 bridgehead atoms. The highest BCUT2D eigenvalue weighted by Gasteiger charge is 2.27. The van der Waals surface area contributed by atoms with Gasteiger partial charge in [-0.3, -0.25) is 18.9 Å². The van der Waals surface area contributed by atoms with Gasteiger partial charge in [0.15, 0.2) is 8.38 Å². The molecule has 4 unspecified atom stereocenters. The smallest absolute Gasteiger partial charge is 0.334 e. The molecule has 1 aromatic rings. The number of nitrogens with one attached hydrogen (secondary N) is 1. The van der Waals surface area contributed by atoms with Gasteiger partial charge in [0.1, 0.15) is 24.3 Å². The Labute approximate surface area is 142 Å². The Balaban J connectivity index is 2.77. The zero-order valence-electron chi connectivity index (χ0n) is 13.1. The highest BCUT2D eigenvalue weighted by Crippen LogP contribution is 2.49. The molecule has 1 heterocycles. The van der Waals surface area contributed by atoms with E-state index >= 15 is 0 Å². The Bertz CT molecular complexity index is 701. The number of aliphatic hydroxyl groups excluding tert-OH is 2. The molecule has 0 amide bonds. The molecule has 0 aliphatic rings. The summed E-state index contributed by atoms with van der Waals surface area (Å²) in [6.07, 6.45) is -2.47. The topological polar surface area (TPSA) is 192 Å². The van der Waals surface area contributed by atoms with E-state index in [2.05, 4.69) is 0 Å². The van der Waals surface area contributed by atoms with Gasteiger partial charge >= 0.3 is 13.3 Å². The number of aliphatic hydroxyl groups is 2. The van der Waals surface area contributed by atoms with Gasteiger partial charge in [-0.1, -0.05) is 0 Å². The minimum atomic E-state index is -4.48. The number of nitrogens with zero attached hydrogens (tertiary/aromatic N) is 1. The average Bonchev–Trinajstić information content (AvgIpc) is 2.48. The van der Waals surface area contributed by atoms with E-state index in [0.717, 1.165) is 10.6 Å². The van der Waals surface area contributed by atoms with Crippen molar-refractivity contribution >= 4 is 16.0 Å². The van der Waals surface area contributed by atoms with Crippen molar-refractivity contribution in [3.8, 4) is 0 Å². The van der Waals surface area contributed by atoms with E-state index in [-0.39, 0.29) is 0 Å². The minimum Gasteiger partial charge on any atom is -0.394 e. The summed E-state index contributed by atoms with van der Waals surface area (Å²) >= 11 is 0. The normalized spacial score (nSPS) is 17.0. The number of aromatic amines is 1. The number of aromatic nitrogens is 2. The van der Waals surface area contributed by atoms with E-state index < -0.39 is 64.8 Å². The molecule has 12 nitrogen and oxygen atoms in total. The molecule has 0 aliphatic carbocycles. The molecule has 0 saturated heterocycles. The maximum atomic E-state index is 11.7. The lowest BCUT2D eigenvalue weighted by atomic mass is 10.2. The second kappa shape index (κ2) is 9.67. The minimum absolute atomic E-state index is 0.494. The molecule has 6 N–H and O–H groups in total. The molecule has 14 heteroatoms. The van der Waals surface area contributed by atoms with Gasteiger partial charge in [-0.15, -0.1) is 0 Å². The predicted octanol–water partition coefficient (Wildman–Crippen LogP) is -1.75. The van der Waals surface area contributed by atoms with Crippen molar-refractivity contribution in [2.24, 2.45) is 0 Å². The molecule has 0 radical (unpaired) electrons. The van der Waals surface area contributed by atoms with Gasteiger partial charge < -0.3 is 34.2 Å². The summed E-state index contributed by atoms with van der Waals surface area (Å²) in [5.41, 5.74) is -1.36. The van der Waals surface area contributed by atoms with Crippen molar-refractivity contribution in [3.63, 3.8) is 0 Å². The number of H-pyrrole nitrogens is 1. The van der Waals surface area contributed by atoms with Crippen molar-refractivity contribution in [3.05, 3.63) is 33.1 Å². The molecule has 0 aromatic carbocycles. The van der Waals surface area contributed by atoms with E-state index in [0.29, 0.717) is 0 Å². The third kappa shape index (κ3) is 7.87. The second-order valence-electron chi connectivity index (χ2n) is 5.00. The molecule has 144 valence electrons. The fourth-order valence-corrected chi connectivity index (χ4v) is 3.66. The van der Waals surface area contributed by atoms with Crippen LogP contribution in [-0.2, 0) is 13.8 Å². The van der Waals surface area contributed by atoms with Crippen molar-refractivity contribution in [2.75, 3.05) is 19.1 Å². The van der Waals surface area contributed by atoms with E-state index in [4.69, 9.17) is 24.2 Å². The molecule has 25 heavy (non-hydrogen) atoms. The maximum Gasteiger partial charge on any atom is 0.334 e. The maximum absolute atomic E-state index is 11.7. The highest BCUT2D eigenvalue weighted by atomic mass is 31.2. The van der Waals surface area contributed by atoms with Gasteiger partial charge in [-0.2, -0.15) is 0 Å². The molecular formula is C11H20N2O10P2. The van der Waals surface area contributed by atoms with E-state index in [9.17, 15) is 24.2 Å². The Hall–Kier alpha value is -0.940. The van der Waals surface area contributed by atoms with Crippen LogP contribution < -0.4 is 11.2 Å². The summed E-state index contributed by atoms with van der Waals surface area (Å²) < 4.78 is 22.1. The summed E-state index contributed by atoms with van der Waals surface area (Å²) in [7, 11) is -6.95. The zero-order chi connectivity index (χ0) is 19.2. The molecule has 0 spiro atoms. The lowest BCUT2D eigenvalue weighted by Crippen LogP contribution is -2.39. The summed E-state index contributed by atoms with van der Waals surface area (Å²) in [6.45, 7) is 0.212. The van der Waals surface area contributed by atoms with Crippen LogP contribution in [0.5, 0.6) is 0 Å². The van der Waals surface area contributed by atoms with E-state index in [1.807, 2.05) is 4.98 Å². The fourth-order valence-electron chi connectivity index (χ4n) is 1.75. The Morgan fingerprint density at radius 2 is 2.04 bits per heavy atom. The van der Waals surface area contributed by atoms with Crippen molar-refractivity contribution in [2.45, 2.75) is 25.4 Å². The van der Waals surface area contributed by atoms with Crippen LogP contribution in [0.2, 0.25) is 0 Å². The monoisotopic (exact) mass is 402 g/mol. The second-order valence-corrected chi connectivity index (χ2v) is 8.42. The Kier molecular flexibility index (Phi) is 8.55. The number of hydrogen-bond acceptors (Lipinski definition) is 8. The highest BCUT2D eigenvalue weighted by molar-refractivity contribution is 7.67. The van der Waals surface area contributed by atoms with Gasteiger partial charge in [0.05, 0.1) is 13.2 Å². The van der Waals surface area contributed by atoms with E-state index in [1.165, 1.54) is 13.1 Å². The van der Waals surface area contributed by atoms with Crippen molar-refractivity contribution in [1.82, 2.24) is 9.55 Å². The zero-order valence-corrected chi connectivity index (χ0v) is 14.9. The summed E-state index contributed by atoms with van der Waals surface area (Å²) in [6, 6.07) is 1.09. The molecule has 0 aliphatic heterocycles. The Morgan fingerprint density at radius 1 is 1.40 bits per heavy atom. The summed E-state index contributed by atoms with van der Waals surface area (Å²) in [5.74, 6) is -0.890. The van der Waals surface area contributed by atoms with Crippen LogP contribution in [0.15, 0.2) is 21.9 Å².